The normalized spacial score (nSPS) is 13.8. The molecule has 0 aliphatic carbocycles. The van der Waals surface area contributed by atoms with Gasteiger partial charge >= 0.3 is 5.97 Å². The van der Waals surface area contributed by atoms with Crippen LogP contribution in [0.5, 0.6) is 0 Å². The van der Waals surface area contributed by atoms with Crippen LogP contribution in [-0.4, -0.2) is 75.4 Å². The molecule has 14 nitrogen and oxygen atoms in total. The van der Waals surface area contributed by atoms with E-state index >= 15 is 0 Å². The molecule has 0 saturated heterocycles. The second-order valence-corrected chi connectivity index (χ2v) is 8.73. The van der Waals surface area contributed by atoms with E-state index < -0.39 is 47.9 Å². The molecule has 0 spiro atoms. The largest absolute Gasteiger partial charge is 0.480 e. The number of carboxylic acids is 1. The number of aromatic nitrogens is 2. The van der Waals surface area contributed by atoms with Gasteiger partial charge in [-0.05, 0) is 25.3 Å². The van der Waals surface area contributed by atoms with Crippen LogP contribution in [-0.2, 0) is 32.0 Å². The summed E-state index contributed by atoms with van der Waals surface area (Å²) in [7, 11) is 0. The Balaban J connectivity index is 2.21. The highest BCUT2D eigenvalue weighted by molar-refractivity contribution is 5.94. The lowest BCUT2D eigenvalue weighted by molar-refractivity contribution is -0.142. The van der Waals surface area contributed by atoms with Crippen LogP contribution in [0.3, 0.4) is 0 Å². The van der Waals surface area contributed by atoms with Gasteiger partial charge in [0.05, 0.1) is 12.4 Å². The molecule has 1 aromatic carbocycles. The molecule has 4 atom stereocenters. The number of nitrogens with two attached hydrogens (primary N) is 3. The number of aliphatic imine (C=N–C) groups is 1. The zero-order valence-corrected chi connectivity index (χ0v) is 21.1. The van der Waals surface area contributed by atoms with Crippen molar-refractivity contribution in [2.75, 3.05) is 6.54 Å². The van der Waals surface area contributed by atoms with Gasteiger partial charge in [0.25, 0.3) is 0 Å². The minimum atomic E-state index is -1.24. The lowest BCUT2D eigenvalue weighted by atomic mass is 10.0. The molecule has 1 aromatic heterocycles. The summed E-state index contributed by atoms with van der Waals surface area (Å²) in [5.41, 5.74) is 17.5. The lowest BCUT2D eigenvalue weighted by Gasteiger charge is -2.25. The monoisotopic (exact) mass is 529 g/mol. The van der Waals surface area contributed by atoms with E-state index in [1.165, 1.54) is 19.4 Å². The molecule has 0 aliphatic heterocycles. The third-order valence-electron chi connectivity index (χ3n) is 5.50. The first kappa shape index (κ1) is 29.8. The second-order valence-electron chi connectivity index (χ2n) is 8.73. The number of benzene rings is 1. The van der Waals surface area contributed by atoms with Gasteiger partial charge < -0.3 is 43.2 Å². The molecule has 2 aromatic rings. The summed E-state index contributed by atoms with van der Waals surface area (Å²) < 4.78 is 0. The average molecular weight is 530 g/mol. The van der Waals surface area contributed by atoms with Gasteiger partial charge in [0.15, 0.2) is 5.96 Å². The van der Waals surface area contributed by atoms with Crippen molar-refractivity contribution in [1.29, 1.82) is 0 Å². The molecule has 38 heavy (non-hydrogen) atoms. The molecule has 0 radical (unpaired) electrons. The number of amides is 3. The first-order valence-corrected chi connectivity index (χ1v) is 12.0. The average Bonchev–Trinajstić information content (AvgIpc) is 3.38. The molecule has 4 unspecified atom stereocenters. The highest BCUT2D eigenvalue weighted by Crippen LogP contribution is 2.07. The van der Waals surface area contributed by atoms with E-state index in [-0.39, 0.29) is 31.8 Å². The molecule has 0 saturated carbocycles. The number of hydrogen-bond acceptors (Lipinski definition) is 7. The van der Waals surface area contributed by atoms with Gasteiger partial charge in [-0.1, -0.05) is 30.3 Å². The van der Waals surface area contributed by atoms with Crippen LogP contribution in [0.1, 0.15) is 31.0 Å². The van der Waals surface area contributed by atoms with E-state index in [1.807, 2.05) is 0 Å². The minimum Gasteiger partial charge on any atom is -0.480 e. The summed E-state index contributed by atoms with van der Waals surface area (Å²) in [6.07, 6.45) is 3.45. The fraction of sp³-hybridized carbons (Fsp3) is 0.417. The quantitative estimate of drug-likeness (QED) is 0.0731. The zero-order valence-electron chi connectivity index (χ0n) is 21.1. The van der Waals surface area contributed by atoms with Crippen LogP contribution in [0.2, 0.25) is 0 Å². The maximum atomic E-state index is 13.3. The number of H-pyrrole nitrogens is 1. The Bertz CT molecular complexity index is 1090. The van der Waals surface area contributed by atoms with E-state index in [0.717, 1.165) is 5.56 Å². The van der Waals surface area contributed by atoms with Crippen molar-refractivity contribution in [3.8, 4) is 0 Å². The van der Waals surface area contributed by atoms with Crippen LogP contribution in [0, 0.1) is 0 Å². The number of hydrogen-bond donors (Lipinski definition) is 8. The molecule has 3 amide bonds. The van der Waals surface area contributed by atoms with Gasteiger partial charge in [0.2, 0.25) is 17.7 Å². The van der Waals surface area contributed by atoms with Gasteiger partial charge in [-0.15, -0.1) is 0 Å². The van der Waals surface area contributed by atoms with Crippen molar-refractivity contribution < 1.29 is 24.3 Å². The second kappa shape index (κ2) is 14.9. The molecular formula is C24H35N9O5. The Kier molecular flexibility index (Phi) is 11.7. The third-order valence-corrected chi connectivity index (χ3v) is 5.50. The highest BCUT2D eigenvalue weighted by Gasteiger charge is 2.30. The van der Waals surface area contributed by atoms with Crippen LogP contribution in [0.15, 0.2) is 47.8 Å². The van der Waals surface area contributed by atoms with E-state index in [0.29, 0.717) is 12.1 Å². The van der Waals surface area contributed by atoms with Crippen LogP contribution in [0.4, 0.5) is 0 Å². The summed E-state index contributed by atoms with van der Waals surface area (Å²) in [6.45, 7) is 1.67. The SMILES string of the molecule is CC(N)C(=O)NC(Cc1cnc[nH]1)C(=O)NC(Cc1ccccc1)C(=O)NC(CCCN=C(N)N)C(=O)O. The molecule has 206 valence electrons. The Hall–Kier alpha value is -4.46. The van der Waals surface area contributed by atoms with Crippen molar-refractivity contribution in [3.05, 3.63) is 54.1 Å². The number of carbonyl (C=O) groups is 4. The highest BCUT2D eigenvalue weighted by atomic mass is 16.4. The lowest BCUT2D eigenvalue weighted by Crippen LogP contribution is -2.58. The maximum Gasteiger partial charge on any atom is 0.326 e. The van der Waals surface area contributed by atoms with Crippen molar-refractivity contribution in [2.24, 2.45) is 22.2 Å². The number of aliphatic carboxylic acids is 1. The van der Waals surface area contributed by atoms with Crippen LogP contribution in [0.25, 0.3) is 0 Å². The third kappa shape index (κ3) is 10.3. The molecule has 14 heteroatoms. The first-order valence-electron chi connectivity index (χ1n) is 12.0. The Morgan fingerprint density at radius 1 is 0.974 bits per heavy atom. The zero-order chi connectivity index (χ0) is 28.1. The minimum absolute atomic E-state index is 0.0620. The molecule has 0 fully saturated rings. The summed E-state index contributed by atoms with van der Waals surface area (Å²) in [6, 6.07) is 4.59. The Morgan fingerprint density at radius 2 is 1.58 bits per heavy atom. The van der Waals surface area contributed by atoms with Crippen LogP contribution < -0.4 is 33.2 Å². The van der Waals surface area contributed by atoms with Gasteiger partial charge in [-0.2, -0.15) is 0 Å². The number of nitrogens with one attached hydrogen (secondary N) is 4. The molecular weight excluding hydrogens is 494 g/mol. The predicted molar refractivity (Wildman–Crippen MR) is 139 cm³/mol. The van der Waals surface area contributed by atoms with Gasteiger partial charge in [0, 0.05) is 31.3 Å². The van der Waals surface area contributed by atoms with E-state index in [4.69, 9.17) is 17.2 Å². The van der Waals surface area contributed by atoms with E-state index in [9.17, 15) is 24.3 Å². The maximum absolute atomic E-state index is 13.3. The number of imidazole rings is 1. The number of rotatable bonds is 15. The predicted octanol–water partition coefficient (Wildman–Crippen LogP) is -1.87. The molecule has 2 rings (SSSR count). The number of nitrogens with zero attached hydrogens (tertiary/aromatic N) is 2. The van der Waals surface area contributed by atoms with Gasteiger partial charge in [0.1, 0.15) is 18.1 Å². The standard InChI is InChI=1S/C24H35N9O5/c1-14(25)20(34)32-19(11-16-12-28-13-30-16)22(36)33-18(10-15-6-3-2-4-7-15)21(35)31-17(23(37)38)8-5-9-29-24(26)27/h2-4,6-7,12-14,17-19H,5,8-11,25H2,1H3,(H,28,30)(H,31,35)(H,32,34)(H,33,36)(H,37,38)(H4,26,27,29). The van der Waals surface area contributed by atoms with E-state index in [1.54, 1.807) is 30.3 Å². The summed E-state index contributed by atoms with van der Waals surface area (Å²) >= 11 is 0. The number of aromatic amines is 1. The summed E-state index contributed by atoms with van der Waals surface area (Å²) in [4.78, 5) is 61.2. The molecule has 1 heterocycles. The summed E-state index contributed by atoms with van der Waals surface area (Å²) in [5, 5.41) is 17.3. The first-order chi connectivity index (χ1) is 18.1. The molecule has 11 N–H and O–H groups in total. The topological polar surface area (TPSA) is 244 Å². The van der Waals surface area contributed by atoms with Crippen molar-refractivity contribution in [3.63, 3.8) is 0 Å². The van der Waals surface area contributed by atoms with Crippen LogP contribution >= 0.6 is 0 Å². The fourth-order valence-corrected chi connectivity index (χ4v) is 3.49. The number of carbonyl (C=O) groups excluding carboxylic acids is 3. The van der Waals surface area contributed by atoms with Crippen molar-refractivity contribution >= 4 is 29.7 Å². The van der Waals surface area contributed by atoms with E-state index in [2.05, 4.69) is 30.9 Å². The van der Waals surface area contributed by atoms with Crippen molar-refractivity contribution in [2.45, 2.75) is 56.8 Å². The number of guanidine groups is 1. The fourth-order valence-electron chi connectivity index (χ4n) is 3.49. The summed E-state index contributed by atoms with van der Waals surface area (Å²) in [5.74, 6) is -3.26. The van der Waals surface area contributed by atoms with Gasteiger partial charge in [-0.3, -0.25) is 19.4 Å². The van der Waals surface area contributed by atoms with Gasteiger partial charge in [-0.25, -0.2) is 9.78 Å². The molecule has 0 bridgehead atoms. The smallest absolute Gasteiger partial charge is 0.326 e. The Labute approximate surface area is 219 Å². The number of carboxylic acid groups (broad SMARTS) is 1. The molecule has 0 aliphatic rings. The Morgan fingerprint density at radius 3 is 2.13 bits per heavy atom. The van der Waals surface area contributed by atoms with Crippen molar-refractivity contribution in [1.82, 2.24) is 25.9 Å².